The SMILES string of the molecule is O=C1OCC2Cc3cc4c(cc3C[C@@H]12)OCO4. The zero-order valence-electron chi connectivity index (χ0n) is 9.27. The lowest BCUT2D eigenvalue weighted by Gasteiger charge is -2.24. The molecule has 1 fully saturated rings. The van der Waals surface area contributed by atoms with E-state index in [1.165, 1.54) is 11.1 Å². The number of hydrogen-bond acceptors (Lipinski definition) is 4. The Kier molecular flexibility index (Phi) is 1.73. The number of hydrogen-bond donors (Lipinski definition) is 0. The Bertz CT molecular complexity index is 508. The maximum Gasteiger partial charge on any atom is 0.309 e. The lowest BCUT2D eigenvalue weighted by atomic mass is 9.77. The molecule has 1 aliphatic carbocycles. The maximum absolute atomic E-state index is 11.6. The largest absolute Gasteiger partial charge is 0.465 e. The molecule has 1 aromatic rings. The fourth-order valence-electron chi connectivity index (χ4n) is 2.98. The van der Waals surface area contributed by atoms with Crippen molar-refractivity contribution in [2.45, 2.75) is 12.8 Å². The minimum Gasteiger partial charge on any atom is -0.465 e. The summed E-state index contributed by atoms with van der Waals surface area (Å²) in [5.74, 6) is 1.97. The van der Waals surface area contributed by atoms with Gasteiger partial charge in [-0.05, 0) is 36.1 Å². The van der Waals surface area contributed by atoms with Crippen LogP contribution in [-0.2, 0) is 22.4 Å². The van der Waals surface area contributed by atoms with Gasteiger partial charge >= 0.3 is 5.97 Å². The Balaban J connectivity index is 1.77. The van der Waals surface area contributed by atoms with Crippen molar-refractivity contribution in [1.29, 1.82) is 0 Å². The van der Waals surface area contributed by atoms with Crippen molar-refractivity contribution in [1.82, 2.24) is 0 Å². The highest BCUT2D eigenvalue weighted by Crippen LogP contribution is 2.41. The summed E-state index contributed by atoms with van der Waals surface area (Å²) >= 11 is 0. The standard InChI is InChI=1S/C13H12O4/c14-13-10-2-8-4-12-11(16-6-17-12)3-7(8)1-9(10)5-15-13/h3-4,9-10H,1-2,5-6H2/t9?,10-/m1/s1. The molecule has 0 spiro atoms. The molecule has 17 heavy (non-hydrogen) atoms. The van der Waals surface area contributed by atoms with Crippen LogP contribution >= 0.6 is 0 Å². The highest BCUT2D eigenvalue weighted by Gasteiger charge is 2.40. The molecule has 0 saturated carbocycles. The molecule has 0 aromatic heterocycles. The third kappa shape index (κ3) is 1.27. The van der Waals surface area contributed by atoms with Gasteiger partial charge in [-0.15, -0.1) is 0 Å². The van der Waals surface area contributed by atoms with Crippen molar-refractivity contribution < 1.29 is 19.0 Å². The zero-order valence-corrected chi connectivity index (χ0v) is 9.27. The van der Waals surface area contributed by atoms with E-state index in [0.29, 0.717) is 19.3 Å². The third-order valence-electron chi connectivity index (χ3n) is 3.93. The molecule has 88 valence electrons. The molecule has 4 rings (SSSR count). The normalized spacial score (nSPS) is 28.6. The number of rotatable bonds is 0. The molecular formula is C13H12O4. The van der Waals surface area contributed by atoms with Gasteiger partial charge in [0.05, 0.1) is 12.5 Å². The van der Waals surface area contributed by atoms with Gasteiger partial charge in [0, 0.05) is 5.92 Å². The van der Waals surface area contributed by atoms with E-state index in [4.69, 9.17) is 14.2 Å². The Morgan fingerprint density at radius 3 is 2.47 bits per heavy atom. The smallest absolute Gasteiger partial charge is 0.309 e. The van der Waals surface area contributed by atoms with Crippen molar-refractivity contribution >= 4 is 5.97 Å². The van der Waals surface area contributed by atoms with E-state index in [1.807, 2.05) is 6.07 Å². The molecule has 0 amide bonds. The molecule has 4 heteroatoms. The predicted octanol–water partition coefficient (Wildman–Crippen LogP) is 1.30. The van der Waals surface area contributed by atoms with Crippen LogP contribution in [-0.4, -0.2) is 19.4 Å². The van der Waals surface area contributed by atoms with E-state index in [1.54, 1.807) is 0 Å². The molecule has 4 nitrogen and oxygen atoms in total. The Morgan fingerprint density at radius 2 is 1.71 bits per heavy atom. The summed E-state index contributed by atoms with van der Waals surface area (Å²) in [6.45, 7) is 0.866. The van der Waals surface area contributed by atoms with Crippen LogP contribution in [0.25, 0.3) is 0 Å². The van der Waals surface area contributed by atoms with Gasteiger partial charge < -0.3 is 14.2 Å². The summed E-state index contributed by atoms with van der Waals surface area (Å²) in [6.07, 6.45) is 1.68. The highest BCUT2D eigenvalue weighted by atomic mass is 16.7. The Morgan fingerprint density at radius 1 is 1.00 bits per heavy atom. The van der Waals surface area contributed by atoms with Gasteiger partial charge in [-0.25, -0.2) is 0 Å². The number of carbonyl (C=O) groups excluding carboxylic acids is 1. The molecule has 3 aliphatic rings. The first-order valence-corrected chi connectivity index (χ1v) is 5.89. The average molecular weight is 232 g/mol. The lowest BCUT2D eigenvalue weighted by Crippen LogP contribution is -2.25. The summed E-state index contributed by atoms with van der Waals surface area (Å²) < 4.78 is 15.9. The minimum atomic E-state index is -0.0432. The van der Waals surface area contributed by atoms with Gasteiger partial charge in [-0.3, -0.25) is 4.79 Å². The molecule has 0 N–H and O–H groups in total. The molecule has 0 bridgehead atoms. The number of esters is 1. The molecular weight excluding hydrogens is 220 g/mol. The molecule has 0 radical (unpaired) electrons. The second kappa shape index (κ2) is 3.15. The van der Waals surface area contributed by atoms with Gasteiger partial charge in [-0.1, -0.05) is 0 Å². The van der Waals surface area contributed by atoms with E-state index in [-0.39, 0.29) is 11.9 Å². The lowest BCUT2D eigenvalue weighted by molar-refractivity contribution is -0.141. The number of cyclic esters (lactones) is 1. The van der Waals surface area contributed by atoms with Crippen molar-refractivity contribution in [3.8, 4) is 11.5 Å². The van der Waals surface area contributed by atoms with Crippen LogP contribution in [0.15, 0.2) is 12.1 Å². The Labute approximate surface area is 98.5 Å². The number of fused-ring (bicyclic) bond motifs is 3. The van der Waals surface area contributed by atoms with E-state index in [9.17, 15) is 4.79 Å². The number of benzene rings is 1. The van der Waals surface area contributed by atoms with Crippen LogP contribution in [0.3, 0.4) is 0 Å². The quantitative estimate of drug-likeness (QED) is 0.632. The first-order valence-electron chi connectivity index (χ1n) is 5.89. The van der Waals surface area contributed by atoms with Gasteiger partial charge in [0.15, 0.2) is 11.5 Å². The summed E-state index contributed by atoms with van der Waals surface area (Å²) in [5.41, 5.74) is 2.48. The number of carbonyl (C=O) groups is 1. The van der Waals surface area contributed by atoms with Crippen molar-refractivity contribution in [2.24, 2.45) is 11.8 Å². The van der Waals surface area contributed by atoms with Crippen molar-refractivity contribution in [2.75, 3.05) is 13.4 Å². The van der Waals surface area contributed by atoms with Crippen LogP contribution in [0.2, 0.25) is 0 Å². The summed E-state index contributed by atoms with van der Waals surface area (Å²) in [5, 5.41) is 0. The van der Waals surface area contributed by atoms with Crippen LogP contribution < -0.4 is 9.47 Å². The van der Waals surface area contributed by atoms with E-state index in [0.717, 1.165) is 24.3 Å². The summed E-state index contributed by atoms with van der Waals surface area (Å²) in [6, 6.07) is 4.07. The minimum absolute atomic E-state index is 0.0432. The summed E-state index contributed by atoms with van der Waals surface area (Å²) in [7, 11) is 0. The Hall–Kier alpha value is -1.71. The van der Waals surface area contributed by atoms with Crippen LogP contribution in [0.1, 0.15) is 11.1 Å². The van der Waals surface area contributed by atoms with Gasteiger partial charge in [0.1, 0.15) is 0 Å². The van der Waals surface area contributed by atoms with E-state index >= 15 is 0 Å². The molecule has 1 aromatic carbocycles. The first kappa shape index (κ1) is 9.33. The van der Waals surface area contributed by atoms with Gasteiger partial charge in [0.2, 0.25) is 6.79 Å². The maximum atomic E-state index is 11.6. The predicted molar refractivity (Wildman–Crippen MR) is 57.9 cm³/mol. The van der Waals surface area contributed by atoms with Crippen LogP contribution in [0, 0.1) is 11.8 Å². The summed E-state index contributed by atoms with van der Waals surface area (Å²) in [4.78, 5) is 11.6. The van der Waals surface area contributed by atoms with Crippen LogP contribution in [0.5, 0.6) is 11.5 Å². The second-order valence-corrected chi connectivity index (χ2v) is 4.88. The highest BCUT2D eigenvalue weighted by molar-refractivity contribution is 5.76. The van der Waals surface area contributed by atoms with Crippen molar-refractivity contribution in [3.05, 3.63) is 23.3 Å². The van der Waals surface area contributed by atoms with Crippen molar-refractivity contribution in [3.63, 3.8) is 0 Å². The van der Waals surface area contributed by atoms with E-state index < -0.39 is 0 Å². The average Bonchev–Trinajstić information content (AvgIpc) is 2.91. The monoisotopic (exact) mass is 232 g/mol. The van der Waals surface area contributed by atoms with Crippen LogP contribution in [0.4, 0.5) is 0 Å². The fourth-order valence-corrected chi connectivity index (χ4v) is 2.98. The fraction of sp³-hybridized carbons (Fsp3) is 0.462. The topological polar surface area (TPSA) is 44.8 Å². The van der Waals surface area contributed by atoms with E-state index in [2.05, 4.69) is 6.07 Å². The molecule has 1 saturated heterocycles. The molecule has 1 unspecified atom stereocenters. The van der Waals surface area contributed by atoms with Gasteiger partial charge in [-0.2, -0.15) is 0 Å². The molecule has 2 aliphatic heterocycles. The van der Waals surface area contributed by atoms with Gasteiger partial charge in [0.25, 0.3) is 0 Å². The molecule has 2 atom stereocenters. The number of ether oxygens (including phenoxy) is 3. The third-order valence-corrected chi connectivity index (χ3v) is 3.93. The zero-order chi connectivity index (χ0) is 11.4. The molecule has 2 heterocycles. The second-order valence-electron chi connectivity index (χ2n) is 4.88. The first-order chi connectivity index (χ1) is 8.31.